The summed E-state index contributed by atoms with van der Waals surface area (Å²) in [6.45, 7) is 4.31. The Morgan fingerprint density at radius 3 is 2.58 bits per heavy atom. The van der Waals surface area contributed by atoms with Gasteiger partial charge in [-0.2, -0.15) is 0 Å². The second-order valence-electron chi connectivity index (χ2n) is 2.98. The molecule has 0 aromatic carbocycles. The summed E-state index contributed by atoms with van der Waals surface area (Å²) in [6.07, 6.45) is 0. The van der Waals surface area contributed by atoms with Crippen molar-refractivity contribution < 1.29 is 9.52 Å². The zero-order chi connectivity index (χ0) is 9.14. The van der Waals surface area contributed by atoms with Crippen LogP contribution in [0, 0.1) is 13.8 Å². The molecular weight excluding hydrogens is 154 g/mol. The van der Waals surface area contributed by atoms with Gasteiger partial charge >= 0.3 is 0 Å². The SMILES string of the molecule is Cc1cc(C(CN)CO)c(C)o1. The normalized spacial score (nSPS) is 13.3. The van der Waals surface area contributed by atoms with Crippen LogP contribution in [0.25, 0.3) is 0 Å². The Morgan fingerprint density at radius 2 is 2.25 bits per heavy atom. The van der Waals surface area contributed by atoms with Gasteiger partial charge in [0.1, 0.15) is 11.5 Å². The Hall–Kier alpha value is -0.800. The van der Waals surface area contributed by atoms with Gasteiger partial charge in [0.25, 0.3) is 0 Å². The van der Waals surface area contributed by atoms with E-state index in [2.05, 4.69) is 0 Å². The van der Waals surface area contributed by atoms with E-state index in [1.807, 2.05) is 19.9 Å². The third kappa shape index (κ3) is 1.68. The number of rotatable bonds is 3. The van der Waals surface area contributed by atoms with E-state index in [1.165, 1.54) is 0 Å². The number of aryl methyl sites for hydroxylation is 2. The first-order valence-electron chi connectivity index (χ1n) is 4.07. The van der Waals surface area contributed by atoms with E-state index in [-0.39, 0.29) is 12.5 Å². The maximum absolute atomic E-state index is 8.99. The summed E-state index contributed by atoms with van der Waals surface area (Å²) in [7, 11) is 0. The molecule has 68 valence electrons. The highest BCUT2D eigenvalue weighted by Crippen LogP contribution is 2.21. The van der Waals surface area contributed by atoms with Crippen molar-refractivity contribution in [2.24, 2.45) is 5.73 Å². The summed E-state index contributed by atoms with van der Waals surface area (Å²) < 4.78 is 5.33. The van der Waals surface area contributed by atoms with E-state index in [1.54, 1.807) is 0 Å². The number of furan rings is 1. The lowest BCUT2D eigenvalue weighted by molar-refractivity contribution is 0.266. The Bertz CT molecular complexity index is 251. The minimum absolute atomic E-state index is 0.0162. The average molecular weight is 169 g/mol. The van der Waals surface area contributed by atoms with Crippen LogP contribution in [0.15, 0.2) is 10.5 Å². The summed E-state index contributed by atoms with van der Waals surface area (Å²) in [6, 6.07) is 1.93. The second kappa shape index (κ2) is 3.74. The fourth-order valence-electron chi connectivity index (χ4n) is 1.36. The molecule has 1 unspecified atom stereocenters. The van der Waals surface area contributed by atoms with Crippen LogP contribution in [0.3, 0.4) is 0 Å². The van der Waals surface area contributed by atoms with Crippen LogP contribution < -0.4 is 5.73 Å². The number of aliphatic hydroxyl groups excluding tert-OH is 1. The highest BCUT2D eigenvalue weighted by atomic mass is 16.3. The molecular formula is C9H15NO2. The molecule has 0 saturated carbocycles. The smallest absolute Gasteiger partial charge is 0.104 e. The monoisotopic (exact) mass is 169 g/mol. The molecule has 3 N–H and O–H groups in total. The van der Waals surface area contributed by atoms with Crippen LogP contribution in [-0.4, -0.2) is 18.3 Å². The van der Waals surface area contributed by atoms with Crippen molar-refractivity contribution in [3.8, 4) is 0 Å². The highest BCUT2D eigenvalue weighted by Gasteiger charge is 2.14. The molecule has 0 radical (unpaired) electrons. The summed E-state index contributed by atoms with van der Waals surface area (Å²) in [5, 5.41) is 8.99. The largest absolute Gasteiger partial charge is 0.466 e. The zero-order valence-corrected chi connectivity index (χ0v) is 7.50. The first-order chi connectivity index (χ1) is 5.69. The molecule has 0 aliphatic heterocycles. The lowest BCUT2D eigenvalue weighted by Gasteiger charge is -2.08. The van der Waals surface area contributed by atoms with Gasteiger partial charge in [-0.15, -0.1) is 0 Å². The van der Waals surface area contributed by atoms with E-state index < -0.39 is 0 Å². The molecule has 12 heavy (non-hydrogen) atoms. The molecule has 1 heterocycles. The highest BCUT2D eigenvalue weighted by molar-refractivity contribution is 5.24. The van der Waals surface area contributed by atoms with Crippen molar-refractivity contribution in [1.82, 2.24) is 0 Å². The molecule has 0 bridgehead atoms. The van der Waals surface area contributed by atoms with E-state index in [0.29, 0.717) is 6.54 Å². The van der Waals surface area contributed by atoms with Crippen LogP contribution in [0.1, 0.15) is 23.0 Å². The van der Waals surface area contributed by atoms with Gasteiger partial charge in [-0.3, -0.25) is 0 Å². The Balaban J connectivity index is 2.91. The standard InChI is InChI=1S/C9H15NO2/c1-6-3-9(7(2)12-6)8(4-10)5-11/h3,8,11H,4-5,10H2,1-2H3. The van der Waals surface area contributed by atoms with Gasteiger partial charge in [-0.1, -0.05) is 0 Å². The van der Waals surface area contributed by atoms with Gasteiger partial charge in [0.15, 0.2) is 0 Å². The van der Waals surface area contributed by atoms with Gasteiger partial charge in [0.2, 0.25) is 0 Å². The van der Waals surface area contributed by atoms with Crippen LogP contribution in [0.2, 0.25) is 0 Å². The van der Waals surface area contributed by atoms with Crippen LogP contribution in [-0.2, 0) is 0 Å². The van der Waals surface area contributed by atoms with Crippen molar-refractivity contribution in [3.05, 3.63) is 23.2 Å². The summed E-state index contributed by atoms with van der Waals surface area (Å²) in [5.41, 5.74) is 6.52. The number of aliphatic hydroxyl groups is 1. The number of nitrogens with two attached hydrogens (primary N) is 1. The van der Waals surface area contributed by atoms with Gasteiger partial charge < -0.3 is 15.3 Å². The molecule has 0 aliphatic carbocycles. The predicted octanol–water partition coefficient (Wildman–Crippen LogP) is 0.931. The number of hydrogen-bond acceptors (Lipinski definition) is 3. The van der Waals surface area contributed by atoms with Crippen molar-refractivity contribution in [3.63, 3.8) is 0 Å². The maximum atomic E-state index is 8.99. The van der Waals surface area contributed by atoms with Crippen molar-refractivity contribution in [2.45, 2.75) is 19.8 Å². The first-order valence-corrected chi connectivity index (χ1v) is 4.07. The lowest BCUT2D eigenvalue weighted by Crippen LogP contribution is -2.16. The molecule has 0 fully saturated rings. The summed E-state index contributed by atoms with van der Waals surface area (Å²) in [5.74, 6) is 1.74. The first kappa shape index (κ1) is 9.29. The van der Waals surface area contributed by atoms with E-state index in [0.717, 1.165) is 17.1 Å². The summed E-state index contributed by atoms with van der Waals surface area (Å²) >= 11 is 0. The Morgan fingerprint density at radius 1 is 1.58 bits per heavy atom. The fraction of sp³-hybridized carbons (Fsp3) is 0.556. The topological polar surface area (TPSA) is 59.4 Å². The number of hydrogen-bond donors (Lipinski definition) is 2. The molecule has 0 spiro atoms. The molecule has 1 rings (SSSR count). The van der Waals surface area contributed by atoms with E-state index in [9.17, 15) is 0 Å². The molecule has 1 aromatic rings. The second-order valence-corrected chi connectivity index (χ2v) is 2.98. The molecule has 3 nitrogen and oxygen atoms in total. The summed E-state index contributed by atoms with van der Waals surface area (Å²) in [4.78, 5) is 0. The van der Waals surface area contributed by atoms with Crippen LogP contribution in [0.4, 0.5) is 0 Å². The van der Waals surface area contributed by atoms with Gasteiger partial charge in [0.05, 0.1) is 6.61 Å². The fourth-order valence-corrected chi connectivity index (χ4v) is 1.36. The minimum atomic E-state index is 0.0162. The van der Waals surface area contributed by atoms with Crippen LogP contribution in [0.5, 0.6) is 0 Å². The lowest BCUT2D eigenvalue weighted by atomic mass is 10.0. The van der Waals surface area contributed by atoms with Crippen molar-refractivity contribution in [2.75, 3.05) is 13.2 Å². The molecule has 1 atom stereocenters. The molecule has 1 aromatic heterocycles. The van der Waals surface area contributed by atoms with Gasteiger partial charge in [0, 0.05) is 18.0 Å². The Kier molecular flexibility index (Phi) is 2.89. The van der Waals surface area contributed by atoms with Gasteiger partial charge in [-0.25, -0.2) is 0 Å². The van der Waals surface area contributed by atoms with Gasteiger partial charge in [-0.05, 0) is 19.9 Å². The predicted molar refractivity (Wildman–Crippen MR) is 47.1 cm³/mol. The van der Waals surface area contributed by atoms with Crippen molar-refractivity contribution >= 4 is 0 Å². The molecule has 0 amide bonds. The third-order valence-corrected chi connectivity index (χ3v) is 2.02. The minimum Gasteiger partial charge on any atom is -0.466 e. The maximum Gasteiger partial charge on any atom is 0.104 e. The third-order valence-electron chi connectivity index (χ3n) is 2.02. The average Bonchev–Trinajstić information content (AvgIpc) is 2.34. The van der Waals surface area contributed by atoms with Crippen LogP contribution >= 0.6 is 0 Å². The Labute approximate surface area is 72.2 Å². The van der Waals surface area contributed by atoms with E-state index >= 15 is 0 Å². The molecule has 0 saturated heterocycles. The molecule has 3 heteroatoms. The van der Waals surface area contributed by atoms with E-state index in [4.69, 9.17) is 15.3 Å². The molecule has 0 aliphatic rings. The quantitative estimate of drug-likeness (QED) is 0.707. The zero-order valence-electron chi connectivity index (χ0n) is 7.50. The van der Waals surface area contributed by atoms with Crippen molar-refractivity contribution in [1.29, 1.82) is 0 Å².